The molecule has 0 saturated carbocycles. The maximum Gasteiger partial charge on any atom is 0.162 e. The van der Waals surface area contributed by atoms with Crippen LogP contribution in [0, 0.1) is 13.8 Å². The number of pyridine rings is 1. The number of rotatable bonds is 6. The van der Waals surface area contributed by atoms with E-state index in [1.165, 1.54) is 0 Å². The number of nitrogens with zero attached hydrogens (tertiary/aromatic N) is 1. The van der Waals surface area contributed by atoms with Gasteiger partial charge in [-0.15, -0.1) is 0 Å². The van der Waals surface area contributed by atoms with Crippen molar-refractivity contribution in [1.82, 2.24) is 4.98 Å². The van der Waals surface area contributed by atoms with Gasteiger partial charge in [-0.05, 0) is 38.1 Å². The Morgan fingerprint density at radius 2 is 1.86 bits per heavy atom. The summed E-state index contributed by atoms with van der Waals surface area (Å²) in [4.78, 5) is 16.0. The van der Waals surface area contributed by atoms with Crippen LogP contribution in [0.1, 0.15) is 40.5 Å². The van der Waals surface area contributed by atoms with Gasteiger partial charge < -0.3 is 9.47 Å². The molecule has 0 aliphatic rings. The molecule has 0 aliphatic heterocycles. The highest BCUT2D eigenvalue weighted by Gasteiger charge is 2.10. The summed E-state index contributed by atoms with van der Waals surface area (Å²) in [5.41, 5.74) is 3.55. The number of methoxy groups -OCH3 is 1. The van der Waals surface area contributed by atoms with Crippen LogP contribution < -0.4 is 9.47 Å². The third-order valence-corrected chi connectivity index (χ3v) is 3.62. The zero-order valence-electron chi connectivity index (χ0n) is 13.5. The van der Waals surface area contributed by atoms with Crippen molar-refractivity contribution in [2.45, 2.75) is 33.8 Å². The second kappa shape index (κ2) is 7.07. The minimum absolute atomic E-state index is 0.132. The van der Waals surface area contributed by atoms with Crippen molar-refractivity contribution in [2.75, 3.05) is 7.11 Å². The smallest absolute Gasteiger partial charge is 0.162 e. The maximum absolute atomic E-state index is 11.6. The summed E-state index contributed by atoms with van der Waals surface area (Å²) < 4.78 is 11.1. The molecule has 116 valence electrons. The zero-order chi connectivity index (χ0) is 16.1. The number of benzene rings is 1. The van der Waals surface area contributed by atoms with Crippen molar-refractivity contribution in [2.24, 2.45) is 0 Å². The van der Waals surface area contributed by atoms with Crippen LogP contribution in [0.15, 0.2) is 30.5 Å². The van der Waals surface area contributed by atoms with Crippen molar-refractivity contribution >= 4 is 5.78 Å². The molecule has 1 aromatic heterocycles. The Bertz CT molecular complexity index is 663. The molecular weight excluding hydrogens is 278 g/mol. The number of ketones is 1. The Morgan fingerprint density at radius 1 is 1.18 bits per heavy atom. The Balaban J connectivity index is 2.09. The Labute approximate surface area is 131 Å². The van der Waals surface area contributed by atoms with Gasteiger partial charge in [-0.2, -0.15) is 0 Å². The van der Waals surface area contributed by atoms with Crippen LogP contribution in [0.25, 0.3) is 0 Å². The van der Waals surface area contributed by atoms with Crippen molar-refractivity contribution in [3.05, 3.63) is 52.8 Å². The third kappa shape index (κ3) is 3.45. The normalized spacial score (nSPS) is 10.4. The fourth-order valence-electron chi connectivity index (χ4n) is 2.31. The predicted octanol–water partition coefficient (Wildman–Crippen LogP) is 3.88. The number of aromatic nitrogens is 1. The summed E-state index contributed by atoms with van der Waals surface area (Å²) in [6.45, 7) is 6.16. The highest BCUT2D eigenvalue weighted by atomic mass is 16.5. The summed E-state index contributed by atoms with van der Waals surface area (Å²) in [6.07, 6.45) is 2.29. The third-order valence-electron chi connectivity index (χ3n) is 3.62. The number of Topliss-reactive ketones (excluding diaryl/α,β-unsaturated/α-hetero) is 1. The molecule has 1 heterocycles. The maximum atomic E-state index is 11.6. The first-order valence-corrected chi connectivity index (χ1v) is 7.32. The van der Waals surface area contributed by atoms with Crippen molar-refractivity contribution in [1.29, 1.82) is 0 Å². The molecule has 0 amide bonds. The van der Waals surface area contributed by atoms with E-state index < -0.39 is 0 Å². The SMILES string of the molecule is CCC(=O)c1ccc(OCc2ncc(C)c(OC)c2C)cc1. The van der Waals surface area contributed by atoms with Crippen LogP contribution in [0.4, 0.5) is 0 Å². The minimum Gasteiger partial charge on any atom is -0.496 e. The van der Waals surface area contributed by atoms with Crippen LogP contribution in [0.5, 0.6) is 11.5 Å². The Kier molecular flexibility index (Phi) is 5.15. The number of carbonyl (C=O) groups is 1. The molecule has 0 N–H and O–H groups in total. The Morgan fingerprint density at radius 3 is 2.45 bits per heavy atom. The van der Waals surface area contributed by atoms with Crippen molar-refractivity contribution < 1.29 is 14.3 Å². The van der Waals surface area contributed by atoms with E-state index in [-0.39, 0.29) is 5.78 Å². The first kappa shape index (κ1) is 16.0. The second-order valence-corrected chi connectivity index (χ2v) is 5.14. The molecule has 2 aromatic rings. The van der Waals surface area contributed by atoms with Gasteiger partial charge in [0, 0.05) is 29.3 Å². The van der Waals surface area contributed by atoms with Crippen LogP contribution in [-0.2, 0) is 6.61 Å². The van der Waals surface area contributed by atoms with E-state index in [0.29, 0.717) is 24.3 Å². The van der Waals surface area contributed by atoms with E-state index in [9.17, 15) is 4.79 Å². The van der Waals surface area contributed by atoms with Gasteiger partial charge in [0.15, 0.2) is 5.78 Å². The number of ether oxygens (including phenoxy) is 2. The van der Waals surface area contributed by atoms with Crippen molar-refractivity contribution in [3.8, 4) is 11.5 Å². The van der Waals surface area contributed by atoms with Gasteiger partial charge >= 0.3 is 0 Å². The highest BCUT2D eigenvalue weighted by molar-refractivity contribution is 5.95. The van der Waals surface area contributed by atoms with Crippen molar-refractivity contribution in [3.63, 3.8) is 0 Å². The van der Waals surface area contributed by atoms with E-state index in [4.69, 9.17) is 9.47 Å². The Hall–Kier alpha value is -2.36. The van der Waals surface area contributed by atoms with Gasteiger partial charge in [-0.25, -0.2) is 0 Å². The van der Waals surface area contributed by atoms with E-state index in [0.717, 1.165) is 22.6 Å². The van der Waals surface area contributed by atoms with Crippen LogP contribution in [-0.4, -0.2) is 17.9 Å². The van der Waals surface area contributed by atoms with Crippen LogP contribution in [0.3, 0.4) is 0 Å². The molecule has 0 bridgehead atoms. The topological polar surface area (TPSA) is 48.4 Å². The summed E-state index contributed by atoms with van der Waals surface area (Å²) in [5.74, 6) is 1.69. The molecule has 0 spiro atoms. The standard InChI is InChI=1S/C18H21NO3/c1-5-17(20)14-6-8-15(9-7-14)22-11-16-13(3)18(21-4)12(2)10-19-16/h6-10H,5,11H2,1-4H3. The summed E-state index contributed by atoms with van der Waals surface area (Å²) in [5, 5.41) is 0. The van der Waals surface area contributed by atoms with Gasteiger partial charge in [-0.1, -0.05) is 6.92 Å². The molecule has 0 saturated heterocycles. The minimum atomic E-state index is 0.132. The van der Waals surface area contributed by atoms with Gasteiger partial charge in [-0.3, -0.25) is 9.78 Å². The molecule has 0 fully saturated rings. The summed E-state index contributed by atoms with van der Waals surface area (Å²) in [7, 11) is 1.66. The molecule has 1 aromatic carbocycles. The first-order valence-electron chi connectivity index (χ1n) is 7.32. The first-order chi connectivity index (χ1) is 10.6. The number of carbonyl (C=O) groups excluding carboxylic acids is 1. The molecule has 4 nitrogen and oxygen atoms in total. The molecule has 0 unspecified atom stereocenters. The lowest BCUT2D eigenvalue weighted by molar-refractivity contribution is 0.0988. The van der Waals surface area contributed by atoms with E-state index >= 15 is 0 Å². The molecular formula is C18H21NO3. The van der Waals surface area contributed by atoms with E-state index in [1.54, 1.807) is 25.4 Å². The molecule has 0 aliphatic carbocycles. The average Bonchev–Trinajstić information content (AvgIpc) is 2.54. The fraction of sp³-hybridized carbons (Fsp3) is 0.333. The van der Waals surface area contributed by atoms with Crippen LogP contribution in [0.2, 0.25) is 0 Å². The number of hydrogen-bond acceptors (Lipinski definition) is 4. The summed E-state index contributed by atoms with van der Waals surface area (Å²) in [6, 6.07) is 7.20. The highest BCUT2D eigenvalue weighted by Crippen LogP contribution is 2.25. The van der Waals surface area contributed by atoms with Crippen LogP contribution >= 0.6 is 0 Å². The molecule has 0 atom stereocenters. The van der Waals surface area contributed by atoms with E-state index in [1.807, 2.05) is 32.9 Å². The molecule has 4 heteroatoms. The van der Waals surface area contributed by atoms with Gasteiger partial charge in [0.2, 0.25) is 0 Å². The van der Waals surface area contributed by atoms with E-state index in [2.05, 4.69) is 4.98 Å². The van der Waals surface area contributed by atoms with Gasteiger partial charge in [0.25, 0.3) is 0 Å². The van der Waals surface area contributed by atoms with Gasteiger partial charge in [0.05, 0.1) is 12.8 Å². The molecule has 22 heavy (non-hydrogen) atoms. The average molecular weight is 299 g/mol. The zero-order valence-corrected chi connectivity index (χ0v) is 13.5. The fourth-order valence-corrected chi connectivity index (χ4v) is 2.31. The molecule has 0 radical (unpaired) electrons. The predicted molar refractivity (Wildman–Crippen MR) is 85.7 cm³/mol. The number of aryl methyl sites for hydroxylation is 1. The lowest BCUT2D eigenvalue weighted by atomic mass is 10.1. The van der Waals surface area contributed by atoms with Gasteiger partial charge in [0.1, 0.15) is 18.1 Å². The number of hydrogen-bond donors (Lipinski definition) is 0. The largest absolute Gasteiger partial charge is 0.496 e. The monoisotopic (exact) mass is 299 g/mol. The summed E-state index contributed by atoms with van der Waals surface area (Å²) >= 11 is 0. The second-order valence-electron chi connectivity index (χ2n) is 5.14. The lowest BCUT2D eigenvalue weighted by Gasteiger charge is -2.13. The quantitative estimate of drug-likeness (QED) is 0.760. The lowest BCUT2D eigenvalue weighted by Crippen LogP contribution is -2.04. The molecule has 2 rings (SSSR count).